The first-order valence-corrected chi connectivity index (χ1v) is 9.60. The maximum absolute atomic E-state index is 13.2. The van der Waals surface area contributed by atoms with Crippen molar-refractivity contribution in [1.82, 2.24) is 4.90 Å². The number of aliphatic hydroxyl groups excluding tert-OH is 1. The summed E-state index contributed by atoms with van der Waals surface area (Å²) >= 11 is 0. The second-order valence-corrected chi connectivity index (χ2v) is 7.27. The SMILES string of the molecule is COc1cccc(C2C(C(=O)c3ccc(C)o3)=C(O)C(=O)N2CC2CCCO2)c1. The lowest BCUT2D eigenvalue weighted by Gasteiger charge is -2.29. The Kier molecular flexibility index (Phi) is 5.15. The highest BCUT2D eigenvalue weighted by Crippen LogP contribution is 2.40. The van der Waals surface area contributed by atoms with Crippen LogP contribution < -0.4 is 4.74 Å². The van der Waals surface area contributed by atoms with Crippen LogP contribution in [0.1, 0.15) is 40.8 Å². The zero-order valence-electron chi connectivity index (χ0n) is 16.4. The number of methoxy groups -OCH3 is 1. The van der Waals surface area contributed by atoms with E-state index >= 15 is 0 Å². The minimum Gasteiger partial charge on any atom is -0.503 e. The minimum atomic E-state index is -0.750. The largest absolute Gasteiger partial charge is 0.503 e. The Labute approximate surface area is 168 Å². The summed E-state index contributed by atoms with van der Waals surface area (Å²) in [6.45, 7) is 2.67. The lowest BCUT2D eigenvalue weighted by molar-refractivity contribution is -0.131. The van der Waals surface area contributed by atoms with Crippen LogP contribution in [0.15, 0.2) is 52.1 Å². The molecule has 1 saturated heterocycles. The van der Waals surface area contributed by atoms with Crippen molar-refractivity contribution in [3.05, 3.63) is 64.8 Å². The Hall–Kier alpha value is -3.06. The molecule has 0 bridgehead atoms. The van der Waals surface area contributed by atoms with E-state index in [0.717, 1.165) is 12.8 Å². The van der Waals surface area contributed by atoms with Crippen LogP contribution in [-0.4, -0.2) is 48.1 Å². The van der Waals surface area contributed by atoms with Gasteiger partial charge in [0.25, 0.3) is 5.91 Å². The molecule has 2 aliphatic rings. The van der Waals surface area contributed by atoms with Crippen LogP contribution in [0.4, 0.5) is 0 Å². The molecule has 1 aromatic heterocycles. The molecule has 2 unspecified atom stereocenters. The van der Waals surface area contributed by atoms with Crippen molar-refractivity contribution in [3.63, 3.8) is 0 Å². The quantitative estimate of drug-likeness (QED) is 0.752. The van der Waals surface area contributed by atoms with E-state index in [1.165, 1.54) is 4.90 Å². The van der Waals surface area contributed by atoms with Gasteiger partial charge in [-0.05, 0) is 49.6 Å². The number of aryl methyl sites for hydroxylation is 1. The first kappa shape index (κ1) is 19.3. The Morgan fingerprint density at radius 1 is 1.31 bits per heavy atom. The van der Waals surface area contributed by atoms with Gasteiger partial charge in [0.15, 0.2) is 11.5 Å². The van der Waals surface area contributed by atoms with Gasteiger partial charge in [-0.25, -0.2) is 0 Å². The third kappa shape index (κ3) is 3.53. The van der Waals surface area contributed by atoms with E-state index in [1.54, 1.807) is 44.4 Å². The molecule has 7 nitrogen and oxygen atoms in total. The molecule has 1 aromatic carbocycles. The van der Waals surface area contributed by atoms with Gasteiger partial charge in [-0.2, -0.15) is 0 Å². The van der Waals surface area contributed by atoms with Gasteiger partial charge in [-0.1, -0.05) is 12.1 Å². The average molecular weight is 397 g/mol. The minimum absolute atomic E-state index is 0.00981. The smallest absolute Gasteiger partial charge is 0.290 e. The third-order valence-electron chi connectivity index (χ3n) is 5.35. The van der Waals surface area contributed by atoms with Crippen LogP contribution in [0, 0.1) is 6.92 Å². The molecule has 0 spiro atoms. The molecular formula is C22H23NO6. The predicted octanol–water partition coefficient (Wildman–Crippen LogP) is 3.35. The molecular weight excluding hydrogens is 374 g/mol. The summed E-state index contributed by atoms with van der Waals surface area (Å²) in [5.74, 6) is -0.379. The highest BCUT2D eigenvalue weighted by Gasteiger charge is 2.45. The number of ketones is 1. The molecule has 4 rings (SSSR count). The molecule has 0 radical (unpaired) electrons. The summed E-state index contributed by atoms with van der Waals surface area (Å²) in [5.41, 5.74) is 0.682. The van der Waals surface area contributed by atoms with Crippen LogP contribution in [0.5, 0.6) is 5.75 Å². The summed E-state index contributed by atoms with van der Waals surface area (Å²) in [5, 5.41) is 10.7. The molecule has 1 N–H and O–H groups in total. The summed E-state index contributed by atoms with van der Waals surface area (Å²) in [4.78, 5) is 27.6. The lowest BCUT2D eigenvalue weighted by atomic mass is 9.94. The standard InChI is InChI=1S/C22H23NO6/c1-13-8-9-17(29-13)20(24)18-19(14-5-3-6-15(11-14)27-2)23(22(26)21(18)25)12-16-7-4-10-28-16/h3,5-6,8-9,11,16,19,25H,4,7,10,12H2,1-2H3. The lowest BCUT2D eigenvalue weighted by Crippen LogP contribution is -2.37. The van der Waals surface area contributed by atoms with Gasteiger partial charge < -0.3 is 23.9 Å². The average Bonchev–Trinajstić information content (AvgIpc) is 3.45. The maximum Gasteiger partial charge on any atom is 0.290 e. The zero-order valence-corrected chi connectivity index (χ0v) is 16.4. The van der Waals surface area contributed by atoms with Crippen molar-refractivity contribution in [3.8, 4) is 5.75 Å². The van der Waals surface area contributed by atoms with E-state index in [2.05, 4.69) is 0 Å². The number of aliphatic hydroxyl groups is 1. The van der Waals surface area contributed by atoms with E-state index in [9.17, 15) is 14.7 Å². The van der Waals surface area contributed by atoms with Crippen LogP contribution in [0.25, 0.3) is 0 Å². The Bertz CT molecular complexity index is 969. The molecule has 2 aliphatic heterocycles. The fraction of sp³-hybridized carbons (Fsp3) is 0.364. The summed E-state index contributed by atoms with van der Waals surface area (Å²) in [7, 11) is 1.55. The molecule has 7 heteroatoms. The molecule has 152 valence electrons. The summed E-state index contributed by atoms with van der Waals surface area (Å²) < 4.78 is 16.5. The van der Waals surface area contributed by atoms with Crippen molar-refractivity contribution < 1.29 is 28.6 Å². The first-order chi connectivity index (χ1) is 14.0. The van der Waals surface area contributed by atoms with Gasteiger partial charge in [-0.3, -0.25) is 9.59 Å². The second kappa shape index (κ2) is 7.75. The van der Waals surface area contributed by atoms with Crippen molar-refractivity contribution in [1.29, 1.82) is 0 Å². The van der Waals surface area contributed by atoms with Gasteiger partial charge in [0.05, 0.1) is 24.8 Å². The summed E-state index contributed by atoms with van der Waals surface area (Å²) in [6, 6.07) is 9.62. The van der Waals surface area contributed by atoms with Gasteiger partial charge in [0.1, 0.15) is 11.5 Å². The Balaban J connectivity index is 1.77. The van der Waals surface area contributed by atoms with Gasteiger partial charge >= 0.3 is 0 Å². The van der Waals surface area contributed by atoms with Crippen LogP contribution in [-0.2, 0) is 9.53 Å². The number of rotatable bonds is 6. The summed E-state index contributed by atoms with van der Waals surface area (Å²) in [6.07, 6.45) is 1.63. The van der Waals surface area contributed by atoms with E-state index in [1.807, 2.05) is 6.07 Å². The number of hydrogen-bond donors (Lipinski definition) is 1. The number of carbonyl (C=O) groups is 2. The number of furan rings is 1. The van der Waals surface area contributed by atoms with Crippen molar-refractivity contribution in [2.24, 2.45) is 0 Å². The molecule has 29 heavy (non-hydrogen) atoms. The van der Waals surface area contributed by atoms with E-state index in [0.29, 0.717) is 30.2 Å². The van der Waals surface area contributed by atoms with E-state index in [-0.39, 0.29) is 17.4 Å². The van der Waals surface area contributed by atoms with Crippen molar-refractivity contribution in [2.75, 3.05) is 20.3 Å². The molecule has 3 heterocycles. The monoisotopic (exact) mass is 397 g/mol. The maximum atomic E-state index is 13.2. The fourth-order valence-corrected chi connectivity index (χ4v) is 3.93. The predicted molar refractivity (Wildman–Crippen MR) is 104 cm³/mol. The molecule has 1 amide bonds. The van der Waals surface area contributed by atoms with E-state index < -0.39 is 23.5 Å². The van der Waals surface area contributed by atoms with Gasteiger partial charge in [0.2, 0.25) is 5.78 Å². The van der Waals surface area contributed by atoms with Crippen molar-refractivity contribution in [2.45, 2.75) is 31.9 Å². The Morgan fingerprint density at radius 3 is 2.79 bits per heavy atom. The highest BCUT2D eigenvalue weighted by molar-refractivity contribution is 6.15. The molecule has 1 fully saturated rings. The zero-order chi connectivity index (χ0) is 20.5. The number of Topliss-reactive ketones (excluding diaryl/α,β-unsaturated/α-hetero) is 1. The molecule has 2 aromatic rings. The number of hydrogen-bond acceptors (Lipinski definition) is 6. The highest BCUT2D eigenvalue weighted by atomic mass is 16.5. The van der Waals surface area contributed by atoms with Crippen LogP contribution in [0.2, 0.25) is 0 Å². The van der Waals surface area contributed by atoms with Crippen molar-refractivity contribution >= 4 is 11.7 Å². The topological polar surface area (TPSA) is 89.2 Å². The van der Waals surface area contributed by atoms with Gasteiger partial charge in [0, 0.05) is 13.2 Å². The molecule has 0 saturated carbocycles. The third-order valence-corrected chi connectivity index (χ3v) is 5.35. The molecule has 2 atom stereocenters. The normalized spacial score (nSPS) is 21.9. The van der Waals surface area contributed by atoms with Crippen LogP contribution >= 0.6 is 0 Å². The first-order valence-electron chi connectivity index (χ1n) is 9.60. The molecule has 0 aliphatic carbocycles. The number of amides is 1. The number of ether oxygens (including phenoxy) is 2. The Morgan fingerprint density at radius 2 is 2.14 bits per heavy atom. The number of nitrogens with zero attached hydrogens (tertiary/aromatic N) is 1. The second-order valence-electron chi connectivity index (χ2n) is 7.27. The van der Waals surface area contributed by atoms with Crippen LogP contribution in [0.3, 0.4) is 0 Å². The number of benzene rings is 1. The van der Waals surface area contributed by atoms with E-state index in [4.69, 9.17) is 13.9 Å². The fourth-order valence-electron chi connectivity index (χ4n) is 3.93. The number of carbonyl (C=O) groups excluding carboxylic acids is 2. The van der Waals surface area contributed by atoms with Gasteiger partial charge in [-0.15, -0.1) is 0 Å².